The van der Waals surface area contributed by atoms with E-state index >= 15 is 0 Å². The lowest BCUT2D eigenvalue weighted by molar-refractivity contribution is -0.143. The molecule has 410 valence electrons. The summed E-state index contributed by atoms with van der Waals surface area (Å²) in [6.45, 7) is 4.84. The van der Waals surface area contributed by atoms with E-state index in [4.69, 9.17) is 4.74 Å². The molecule has 1 amide bonds. The molecule has 0 heterocycles. The minimum atomic E-state index is -0.847. The van der Waals surface area contributed by atoms with Gasteiger partial charge in [0.05, 0.1) is 25.4 Å². The van der Waals surface area contributed by atoms with E-state index in [1.807, 2.05) is 6.08 Å². The minimum absolute atomic E-state index is 0.00276. The second kappa shape index (κ2) is 59.4. The zero-order valence-electron chi connectivity index (χ0n) is 46.7. The van der Waals surface area contributed by atoms with Gasteiger partial charge in [0.2, 0.25) is 5.91 Å². The molecule has 0 aromatic heterocycles. The summed E-state index contributed by atoms with van der Waals surface area (Å²) in [7, 11) is 0. The maximum absolute atomic E-state index is 12.5. The fourth-order valence-corrected chi connectivity index (χ4v) is 9.31. The summed E-state index contributed by atoms with van der Waals surface area (Å²) in [6.07, 6.45) is 75.8. The van der Waals surface area contributed by atoms with Crippen LogP contribution in [0.3, 0.4) is 0 Å². The van der Waals surface area contributed by atoms with E-state index in [-0.39, 0.29) is 18.5 Å². The van der Waals surface area contributed by atoms with Crippen molar-refractivity contribution in [1.82, 2.24) is 5.32 Å². The highest BCUT2D eigenvalue weighted by Crippen LogP contribution is 2.17. The first kappa shape index (κ1) is 67.8. The average Bonchev–Trinajstić information content (AvgIpc) is 3.36. The molecule has 0 spiro atoms. The van der Waals surface area contributed by atoms with Crippen LogP contribution in [0.5, 0.6) is 0 Å². The van der Waals surface area contributed by atoms with Crippen molar-refractivity contribution in [3.8, 4) is 0 Å². The van der Waals surface area contributed by atoms with E-state index in [1.165, 1.54) is 244 Å². The Balaban J connectivity index is 3.43. The first-order valence-corrected chi connectivity index (χ1v) is 30.9. The fraction of sp³-hybridized carbons (Fsp3) is 0.844. The summed E-state index contributed by atoms with van der Waals surface area (Å²) in [4.78, 5) is 24.5. The van der Waals surface area contributed by atoms with Gasteiger partial charge in [0.15, 0.2) is 0 Å². The number of carbonyl (C=O) groups is 2. The maximum atomic E-state index is 12.5. The van der Waals surface area contributed by atoms with E-state index in [0.29, 0.717) is 19.4 Å². The number of carbonyl (C=O) groups excluding carboxylic acids is 2. The average molecular weight is 983 g/mol. The molecule has 0 aliphatic carbocycles. The third-order valence-corrected chi connectivity index (χ3v) is 14.0. The Hall–Kier alpha value is -2.18. The third-order valence-electron chi connectivity index (χ3n) is 14.0. The number of allylic oxidation sites excluding steroid dienone is 7. The normalized spacial score (nSPS) is 12.9. The molecule has 0 rings (SSSR count). The van der Waals surface area contributed by atoms with Crippen molar-refractivity contribution in [2.75, 3.05) is 13.2 Å². The van der Waals surface area contributed by atoms with Gasteiger partial charge in [-0.1, -0.05) is 274 Å². The van der Waals surface area contributed by atoms with E-state index in [0.717, 1.165) is 51.4 Å². The van der Waals surface area contributed by atoms with Crippen LogP contribution in [0.1, 0.15) is 322 Å². The first-order valence-electron chi connectivity index (χ1n) is 30.9. The number of nitrogens with one attached hydrogen (secondary N) is 1. The number of esters is 1. The molecule has 0 fully saturated rings. The van der Waals surface area contributed by atoms with Crippen LogP contribution in [-0.2, 0) is 14.3 Å². The molecule has 0 aliphatic rings. The highest BCUT2D eigenvalue weighted by molar-refractivity contribution is 5.76. The van der Waals surface area contributed by atoms with Gasteiger partial charge in [-0.25, -0.2) is 0 Å². The summed E-state index contributed by atoms with van der Waals surface area (Å²) in [5, 5.41) is 23.1. The van der Waals surface area contributed by atoms with E-state index < -0.39 is 12.1 Å². The molecule has 70 heavy (non-hydrogen) atoms. The van der Waals surface area contributed by atoms with Crippen LogP contribution in [0, 0.1) is 0 Å². The highest BCUT2D eigenvalue weighted by Gasteiger charge is 2.18. The van der Waals surface area contributed by atoms with Gasteiger partial charge in [0.25, 0.3) is 0 Å². The van der Waals surface area contributed by atoms with Crippen LogP contribution in [0.25, 0.3) is 0 Å². The Bertz CT molecular complexity index is 1180. The highest BCUT2D eigenvalue weighted by atomic mass is 16.5. The molecular formula is C64H119NO5. The van der Waals surface area contributed by atoms with Crippen molar-refractivity contribution in [3.63, 3.8) is 0 Å². The summed E-state index contributed by atoms with van der Waals surface area (Å²) >= 11 is 0. The Kier molecular flexibility index (Phi) is 57.5. The van der Waals surface area contributed by atoms with E-state index in [9.17, 15) is 19.8 Å². The summed E-state index contributed by atoms with van der Waals surface area (Å²) in [5.74, 6) is -0.0733. The van der Waals surface area contributed by atoms with Crippen molar-refractivity contribution in [2.45, 2.75) is 334 Å². The minimum Gasteiger partial charge on any atom is -0.466 e. The summed E-state index contributed by atoms with van der Waals surface area (Å²) in [5.41, 5.74) is 0. The van der Waals surface area contributed by atoms with Gasteiger partial charge in [-0.2, -0.15) is 0 Å². The van der Waals surface area contributed by atoms with Crippen LogP contribution in [0.15, 0.2) is 48.6 Å². The van der Waals surface area contributed by atoms with Crippen LogP contribution in [0.2, 0.25) is 0 Å². The Morgan fingerprint density at radius 3 is 1.16 bits per heavy atom. The van der Waals surface area contributed by atoms with Crippen LogP contribution in [0.4, 0.5) is 0 Å². The van der Waals surface area contributed by atoms with Crippen molar-refractivity contribution < 1.29 is 24.5 Å². The van der Waals surface area contributed by atoms with Gasteiger partial charge in [-0.15, -0.1) is 0 Å². The number of amides is 1. The molecule has 2 atom stereocenters. The van der Waals surface area contributed by atoms with Crippen molar-refractivity contribution >= 4 is 11.9 Å². The van der Waals surface area contributed by atoms with Gasteiger partial charge in [0, 0.05) is 12.8 Å². The molecule has 0 aromatic carbocycles. The van der Waals surface area contributed by atoms with Gasteiger partial charge in [0.1, 0.15) is 0 Å². The molecule has 0 bridgehead atoms. The Labute approximate surface area is 436 Å². The number of aliphatic hydroxyl groups is 2. The predicted octanol–water partition coefficient (Wildman–Crippen LogP) is 19.4. The Morgan fingerprint density at radius 1 is 0.400 bits per heavy atom. The third kappa shape index (κ3) is 55.1. The smallest absolute Gasteiger partial charge is 0.305 e. The zero-order valence-corrected chi connectivity index (χ0v) is 46.7. The fourth-order valence-electron chi connectivity index (χ4n) is 9.31. The zero-order chi connectivity index (χ0) is 50.7. The van der Waals surface area contributed by atoms with Crippen LogP contribution in [-0.4, -0.2) is 47.4 Å². The van der Waals surface area contributed by atoms with Gasteiger partial charge in [-0.05, 0) is 83.5 Å². The first-order chi connectivity index (χ1) is 34.5. The molecule has 6 nitrogen and oxygen atoms in total. The second-order valence-corrected chi connectivity index (χ2v) is 21.0. The topological polar surface area (TPSA) is 95.9 Å². The summed E-state index contributed by atoms with van der Waals surface area (Å²) in [6, 6.07) is -0.630. The molecule has 6 heteroatoms. The number of unbranched alkanes of at least 4 members (excludes halogenated alkanes) is 40. The number of aliphatic hydroxyl groups excluding tert-OH is 2. The largest absolute Gasteiger partial charge is 0.466 e. The van der Waals surface area contributed by atoms with Crippen molar-refractivity contribution in [2.24, 2.45) is 0 Å². The number of ether oxygens (including phenoxy) is 1. The van der Waals surface area contributed by atoms with Crippen LogP contribution >= 0.6 is 0 Å². The predicted molar refractivity (Wildman–Crippen MR) is 306 cm³/mol. The molecule has 0 aromatic rings. The molecular weight excluding hydrogens is 863 g/mol. The van der Waals surface area contributed by atoms with Crippen molar-refractivity contribution in [1.29, 1.82) is 0 Å². The molecule has 0 saturated heterocycles. The lowest BCUT2D eigenvalue weighted by Gasteiger charge is -2.20. The SMILES string of the molecule is CCC/C=C\C/C=C\CCCCCCCC(=O)OCCCCCCCCCCCCCC/C=C\CCCCCCCCCCCC(=O)NC(CO)C(O)/C=C/CCCCCCCCCCCCCCC. The Morgan fingerprint density at radius 2 is 0.743 bits per heavy atom. The van der Waals surface area contributed by atoms with Gasteiger partial charge < -0.3 is 20.3 Å². The van der Waals surface area contributed by atoms with Gasteiger partial charge >= 0.3 is 5.97 Å². The van der Waals surface area contributed by atoms with Crippen molar-refractivity contribution in [3.05, 3.63) is 48.6 Å². The quantitative estimate of drug-likeness (QED) is 0.0321. The van der Waals surface area contributed by atoms with E-state index in [2.05, 4.69) is 55.6 Å². The molecule has 0 saturated carbocycles. The lowest BCUT2D eigenvalue weighted by Crippen LogP contribution is -2.45. The van der Waals surface area contributed by atoms with E-state index in [1.54, 1.807) is 6.08 Å². The summed E-state index contributed by atoms with van der Waals surface area (Å²) < 4.78 is 5.47. The monoisotopic (exact) mass is 982 g/mol. The molecule has 3 N–H and O–H groups in total. The molecule has 0 radical (unpaired) electrons. The van der Waals surface area contributed by atoms with Crippen LogP contribution < -0.4 is 5.32 Å². The molecule has 2 unspecified atom stereocenters. The molecule has 0 aliphatic heterocycles. The number of rotatable bonds is 57. The lowest BCUT2D eigenvalue weighted by atomic mass is 10.0. The maximum Gasteiger partial charge on any atom is 0.305 e. The van der Waals surface area contributed by atoms with Gasteiger partial charge in [-0.3, -0.25) is 9.59 Å². The standard InChI is InChI=1S/C64H119NO5/c1-3-5-7-9-11-13-15-17-29-33-36-40-44-48-52-56-62(67)61(60-66)65-63(68)57-53-49-45-41-37-34-30-27-25-23-21-19-18-20-22-24-26-28-31-35-39-43-47-51-55-59-70-64(69)58-54-50-46-42-38-32-16-14-12-10-8-6-4-2/h8,10,14,16,19,21,52,56,61-62,66-67H,3-7,9,11-13,15,17-18,20,22-51,53-55,57-60H2,1-2H3,(H,65,68)/b10-8-,16-14-,21-19-,56-52+. The number of hydrogen-bond donors (Lipinski definition) is 3. The number of hydrogen-bond acceptors (Lipinski definition) is 5. The second-order valence-electron chi connectivity index (χ2n) is 21.0.